The molecule has 0 N–H and O–H groups in total. The molecule has 1 aliphatic rings. The van der Waals surface area contributed by atoms with Gasteiger partial charge in [0, 0.05) is 56.2 Å². The first-order valence-corrected chi connectivity index (χ1v) is 10.5. The lowest BCUT2D eigenvalue weighted by atomic mass is 10.2. The van der Waals surface area contributed by atoms with Crippen LogP contribution in [0.5, 0.6) is 0 Å². The molecule has 0 unspecified atom stereocenters. The number of anilines is 1. The van der Waals surface area contributed by atoms with Gasteiger partial charge in [-0.1, -0.05) is 13.8 Å². The number of ether oxygens (including phenoxy) is 1. The lowest BCUT2D eigenvalue weighted by molar-refractivity contribution is 0.0751. The van der Waals surface area contributed by atoms with E-state index in [9.17, 15) is 4.79 Å². The second-order valence-corrected chi connectivity index (χ2v) is 8.36. The number of aromatic nitrogens is 5. The third-order valence-electron chi connectivity index (χ3n) is 5.05. The zero-order valence-electron chi connectivity index (χ0n) is 18.0. The van der Waals surface area contributed by atoms with Gasteiger partial charge >= 0.3 is 6.09 Å². The topological polar surface area (TPSA) is 80.8 Å². The Kier molecular flexibility index (Phi) is 5.61. The van der Waals surface area contributed by atoms with E-state index in [1.54, 1.807) is 9.42 Å². The number of hydrogen-bond acceptors (Lipinski definition) is 6. The van der Waals surface area contributed by atoms with Gasteiger partial charge in [0.05, 0.1) is 18.5 Å². The number of carbonyl (C=O) groups excluding carboxylic acids is 1. The standard InChI is InChI=1S/C21H29N7O2/c1-15(2)13-27-14-17(11-22-27)18-12-23-28-6-5-19(24-20(18)28)25-7-9-26(10-8-25)21(29)30-16(3)4/h5-6,11-12,14-16H,7-10,13H2,1-4H3. The average Bonchev–Trinajstić information content (AvgIpc) is 3.33. The molecule has 1 fully saturated rings. The van der Waals surface area contributed by atoms with Gasteiger partial charge in [0.2, 0.25) is 0 Å². The highest BCUT2D eigenvalue weighted by Crippen LogP contribution is 2.25. The Bertz CT molecular complexity index is 1020. The third kappa shape index (κ3) is 4.24. The van der Waals surface area contributed by atoms with Crippen molar-refractivity contribution in [2.45, 2.75) is 40.3 Å². The summed E-state index contributed by atoms with van der Waals surface area (Å²) < 4.78 is 9.05. The molecular weight excluding hydrogens is 382 g/mol. The first-order valence-electron chi connectivity index (χ1n) is 10.5. The SMILES string of the molecule is CC(C)Cn1cc(-c2cnn3ccc(N4CCN(C(=O)OC(C)C)CC4)nc23)cn1. The third-order valence-corrected chi connectivity index (χ3v) is 5.05. The molecule has 0 radical (unpaired) electrons. The Morgan fingerprint density at radius 3 is 2.57 bits per heavy atom. The van der Waals surface area contributed by atoms with Crippen molar-refractivity contribution in [1.82, 2.24) is 29.3 Å². The van der Waals surface area contributed by atoms with E-state index in [0.29, 0.717) is 32.1 Å². The summed E-state index contributed by atoms with van der Waals surface area (Å²) in [4.78, 5) is 20.9. The van der Waals surface area contributed by atoms with Gasteiger partial charge in [-0.25, -0.2) is 14.3 Å². The number of rotatable bonds is 5. The van der Waals surface area contributed by atoms with Crippen LogP contribution in [0.4, 0.5) is 10.6 Å². The molecule has 9 nitrogen and oxygen atoms in total. The highest BCUT2D eigenvalue weighted by molar-refractivity contribution is 5.77. The molecule has 9 heteroatoms. The van der Waals surface area contributed by atoms with Gasteiger partial charge in [-0.2, -0.15) is 10.2 Å². The molecular formula is C21H29N7O2. The lowest BCUT2D eigenvalue weighted by Gasteiger charge is -2.35. The van der Waals surface area contributed by atoms with Gasteiger partial charge in [0.25, 0.3) is 0 Å². The van der Waals surface area contributed by atoms with Crippen LogP contribution in [0.3, 0.4) is 0 Å². The monoisotopic (exact) mass is 411 g/mol. The molecule has 4 heterocycles. The Labute approximate surface area is 176 Å². The molecule has 0 saturated carbocycles. The zero-order valence-corrected chi connectivity index (χ0v) is 18.0. The van der Waals surface area contributed by atoms with Crippen molar-refractivity contribution < 1.29 is 9.53 Å². The van der Waals surface area contributed by atoms with Crippen LogP contribution in [-0.2, 0) is 11.3 Å². The number of hydrogen-bond donors (Lipinski definition) is 0. The van der Waals surface area contributed by atoms with Crippen LogP contribution in [0.15, 0.2) is 30.9 Å². The Balaban J connectivity index is 1.51. The van der Waals surface area contributed by atoms with Crippen molar-refractivity contribution in [1.29, 1.82) is 0 Å². The largest absolute Gasteiger partial charge is 0.447 e. The first-order chi connectivity index (χ1) is 14.4. The molecule has 1 amide bonds. The predicted molar refractivity (Wildman–Crippen MR) is 114 cm³/mol. The van der Waals surface area contributed by atoms with Crippen molar-refractivity contribution in [3.8, 4) is 11.1 Å². The fraction of sp³-hybridized carbons (Fsp3) is 0.524. The van der Waals surface area contributed by atoms with E-state index < -0.39 is 0 Å². The predicted octanol–water partition coefficient (Wildman–Crippen LogP) is 2.92. The molecule has 0 aliphatic carbocycles. The van der Waals surface area contributed by atoms with Gasteiger partial charge in [0.1, 0.15) is 5.82 Å². The normalized spacial score (nSPS) is 14.9. The van der Waals surface area contributed by atoms with Crippen molar-refractivity contribution >= 4 is 17.6 Å². The molecule has 3 aromatic heterocycles. The molecule has 0 bridgehead atoms. The number of carbonyl (C=O) groups is 1. The number of amides is 1. The summed E-state index contributed by atoms with van der Waals surface area (Å²) >= 11 is 0. The first kappa shape index (κ1) is 20.2. The molecule has 3 aromatic rings. The number of fused-ring (bicyclic) bond motifs is 1. The van der Waals surface area contributed by atoms with Gasteiger partial charge in [-0.15, -0.1) is 0 Å². The second-order valence-electron chi connectivity index (χ2n) is 8.36. The van der Waals surface area contributed by atoms with Gasteiger partial charge in [-0.05, 0) is 25.8 Å². The fourth-order valence-electron chi connectivity index (χ4n) is 3.61. The second kappa shape index (κ2) is 8.33. The summed E-state index contributed by atoms with van der Waals surface area (Å²) in [5, 5.41) is 8.91. The highest BCUT2D eigenvalue weighted by Gasteiger charge is 2.24. The van der Waals surface area contributed by atoms with Crippen LogP contribution in [-0.4, -0.2) is 67.7 Å². The summed E-state index contributed by atoms with van der Waals surface area (Å²) in [6.45, 7) is 11.6. The summed E-state index contributed by atoms with van der Waals surface area (Å²) in [6, 6.07) is 1.97. The van der Waals surface area contributed by atoms with Gasteiger partial charge in [0.15, 0.2) is 5.65 Å². The minimum absolute atomic E-state index is 0.107. The van der Waals surface area contributed by atoms with Gasteiger partial charge in [-0.3, -0.25) is 4.68 Å². The smallest absolute Gasteiger partial charge is 0.410 e. The van der Waals surface area contributed by atoms with Crippen LogP contribution in [0.25, 0.3) is 16.8 Å². The molecule has 30 heavy (non-hydrogen) atoms. The minimum atomic E-state index is -0.246. The zero-order chi connectivity index (χ0) is 21.3. The average molecular weight is 412 g/mol. The van der Waals surface area contributed by atoms with Crippen molar-refractivity contribution in [3.63, 3.8) is 0 Å². The van der Waals surface area contributed by atoms with E-state index in [0.717, 1.165) is 29.1 Å². The van der Waals surface area contributed by atoms with E-state index >= 15 is 0 Å². The number of nitrogens with zero attached hydrogens (tertiary/aromatic N) is 7. The summed E-state index contributed by atoms with van der Waals surface area (Å²) in [7, 11) is 0. The molecule has 160 valence electrons. The molecule has 4 rings (SSSR count). The fourth-order valence-corrected chi connectivity index (χ4v) is 3.61. The summed E-state index contributed by atoms with van der Waals surface area (Å²) in [5.41, 5.74) is 2.78. The maximum Gasteiger partial charge on any atom is 0.410 e. The summed E-state index contributed by atoms with van der Waals surface area (Å²) in [5.74, 6) is 1.42. The van der Waals surface area contributed by atoms with Crippen LogP contribution >= 0.6 is 0 Å². The van der Waals surface area contributed by atoms with Crippen LogP contribution in [0, 0.1) is 5.92 Å². The van der Waals surface area contributed by atoms with E-state index in [1.165, 1.54) is 0 Å². The van der Waals surface area contributed by atoms with E-state index in [4.69, 9.17) is 9.72 Å². The maximum absolute atomic E-state index is 12.1. The van der Waals surface area contributed by atoms with E-state index in [-0.39, 0.29) is 12.2 Å². The lowest BCUT2D eigenvalue weighted by Crippen LogP contribution is -2.49. The Hall–Kier alpha value is -3.10. The van der Waals surface area contributed by atoms with Crippen LogP contribution < -0.4 is 4.90 Å². The molecule has 0 spiro atoms. The van der Waals surface area contributed by atoms with E-state index in [1.807, 2.05) is 49.4 Å². The van der Waals surface area contributed by atoms with Crippen molar-refractivity contribution in [2.24, 2.45) is 5.92 Å². The molecule has 1 aliphatic heterocycles. The summed E-state index contributed by atoms with van der Waals surface area (Å²) in [6.07, 6.45) is 7.33. The van der Waals surface area contributed by atoms with Gasteiger partial charge < -0.3 is 14.5 Å². The van der Waals surface area contributed by atoms with E-state index in [2.05, 4.69) is 28.9 Å². The highest BCUT2D eigenvalue weighted by atomic mass is 16.6. The minimum Gasteiger partial charge on any atom is -0.447 e. The van der Waals surface area contributed by atoms with Crippen molar-refractivity contribution in [3.05, 3.63) is 30.9 Å². The molecule has 0 atom stereocenters. The van der Waals surface area contributed by atoms with Crippen LogP contribution in [0.2, 0.25) is 0 Å². The van der Waals surface area contributed by atoms with Crippen LogP contribution in [0.1, 0.15) is 27.7 Å². The van der Waals surface area contributed by atoms with Crippen molar-refractivity contribution in [2.75, 3.05) is 31.1 Å². The quantitative estimate of drug-likeness (QED) is 0.642. The maximum atomic E-state index is 12.1. The Morgan fingerprint density at radius 1 is 1.10 bits per heavy atom. The molecule has 0 aromatic carbocycles. The Morgan fingerprint density at radius 2 is 1.87 bits per heavy atom. The molecule has 1 saturated heterocycles. The number of piperazine rings is 1.